The molecule has 0 atom stereocenters. The van der Waals surface area contributed by atoms with Gasteiger partial charge >= 0.3 is 0 Å². The average Bonchev–Trinajstić information content (AvgIpc) is 2.40. The Kier molecular flexibility index (Phi) is 5.02. The van der Waals surface area contributed by atoms with Gasteiger partial charge in [0.25, 0.3) is 5.69 Å². The molecule has 0 aliphatic heterocycles. The predicted molar refractivity (Wildman–Crippen MR) is 72.4 cm³/mol. The van der Waals surface area contributed by atoms with Crippen molar-refractivity contribution in [3.8, 4) is 0 Å². The quantitative estimate of drug-likeness (QED) is 0.594. The van der Waals surface area contributed by atoms with Crippen molar-refractivity contribution in [2.24, 2.45) is 0 Å². The first-order valence-corrected chi connectivity index (χ1v) is 7.51. The first-order valence-electron chi connectivity index (χ1n) is 6.07. The van der Waals surface area contributed by atoms with Crippen LogP contribution in [0.25, 0.3) is 0 Å². The lowest BCUT2D eigenvalue weighted by molar-refractivity contribution is -0.384. The van der Waals surface area contributed by atoms with Crippen LogP contribution in [-0.4, -0.2) is 30.7 Å². The van der Waals surface area contributed by atoms with Gasteiger partial charge in [-0.1, -0.05) is 13.8 Å². The maximum absolute atomic E-state index is 12.3. The van der Waals surface area contributed by atoms with Crippen LogP contribution in [0.1, 0.15) is 26.7 Å². The van der Waals surface area contributed by atoms with Crippen molar-refractivity contribution in [2.75, 3.05) is 7.05 Å². The minimum absolute atomic E-state index is 0.0693. The largest absolute Gasteiger partial charge is 0.269 e. The molecular formula is C12H18N2O4S. The number of nitro benzene ring substituents is 1. The maximum atomic E-state index is 12.3. The van der Waals surface area contributed by atoms with Crippen molar-refractivity contribution in [1.29, 1.82) is 0 Å². The van der Waals surface area contributed by atoms with Gasteiger partial charge in [-0.25, -0.2) is 8.42 Å². The molecule has 0 bridgehead atoms. The summed E-state index contributed by atoms with van der Waals surface area (Å²) >= 11 is 0. The average molecular weight is 286 g/mol. The van der Waals surface area contributed by atoms with E-state index in [2.05, 4.69) is 0 Å². The molecule has 1 aromatic rings. The molecule has 0 saturated heterocycles. The van der Waals surface area contributed by atoms with Crippen LogP contribution in [0.4, 0.5) is 5.69 Å². The zero-order valence-electron chi connectivity index (χ0n) is 11.2. The molecule has 0 aliphatic rings. The highest BCUT2D eigenvalue weighted by Crippen LogP contribution is 2.21. The summed E-state index contributed by atoms with van der Waals surface area (Å²) in [5.74, 6) is 0. The third kappa shape index (κ3) is 3.30. The Morgan fingerprint density at radius 2 is 1.68 bits per heavy atom. The molecule has 1 rings (SSSR count). The molecular weight excluding hydrogens is 268 g/mol. The van der Waals surface area contributed by atoms with E-state index in [1.54, 1.807) is 0 Å². The minimum Gasteiger partial charge on any atom is -0.258 e. The number of hydrogen-bond acceptors (Lipinski definition) is 4. The van der Waals surface area contributed by atoms with Crippen molar-refractivity contribution >= 4 is 15.7 Å². The molecule has 0 heterocycles. The summed E-state index contributed by atoms with van der Waals surface area (Å²) in [5.41, 5.74) is -0.121. The molecule has 106 valence electrons. The fourth-order valence-corrected chi connectivity index (χ4v) is 3.41. The molecule has 0 aliphatic carbocycles. The molecule has 0 N–H and O–H groups in total. The summed E-state index contributed by atoms with van der Waals surface area (Å²) in [5, 5.41) is 10.5. The van der Waals surface area contributed by atoms with Crippen LogP contribution in [-0.2, 0) is 10.0 Å². The molecule has 19 heavy (non-hydrogen) atoms. The first-order chi connectivity index (χ1) is 8.84. The summed E-state index contributed by atoms with van der Waals surface area (Å²) in [7, 11) is -2.06. The van der Waals surface area contributed by atoms with Crippen LogP contribution in [0, 0.1) is 10.1 Å². The van der Waals surface area contributed by atoms with E-state index in [0.717, 1.165) is 12.8 Å². The van der Waals surface area contributed by atoms with Gasteiger partial charge in [0, 0.05) is 25.2 Å². The normalized spacial score (nSPS) is 12.1. The number of non-ortho nitro benzene ring substituents is 1. The van der Waals surface area contributed by atoms with Gasteiger partial charge in [0.15, 0.2) is 0 Å². The Labute approximate surface area is 113 Å². The Morgan fingerprint density at radius 1 is 1.21 bits per heavy atom. The first kappa shape index (κ1) is 15.6. The van der Waals surface area contributed by atoms with E-state index in [1.807, 2.05) is 13.8 Å². The van der Waals surface area contributed by atoms with Crippen LogP contribution in [0.15, 0.2) is 29.2 Å². The summed E-state index contributed by atoms with van der Waals surface area (Å²) < 4.78 is 26.0. The van der Waals surface area contributed by atoms with E-state index in [9.17, 15) is 18.5 Å². The van der Waals surface area contributed by atoms with Gasteiger partial charge in [0.2, 0.25) is 10.0 Å². The highest BCUT2D eigenvalue weighted by atomic mass is 32.2. The molecule has 0 amide bonds. The lowest BCUT2D eigenvalue weighted by atomic mass is 10.2. The number of benzene rings is 1. The highest BCUT2D eigenvalue weighted by Gasteiger charge is 2.26. The van der Waals surface area contributed by atoms with Gasteiger partial charge in [-0.3, -0.25) is 10.1 Å². The monoisotopic (exact) mass is 286 g/mol. The Bertz CT molecular complexity index is 535. The molecule has 0 saturated carbocycles. The second kappa shape index (κ2) is 6.12. The standard InChI is InChI=1S/C12H18N2O4S/c1-4-10(5-2)13(3)19(17,18)12-8-6-11(7-9-12)14(15)16/h6-10H,4-5H2,1-3H3. The second-order valence-electron chi connectivity index (χ2n) is 4.24. The Morgan fingerprint density at radius 3 is 2.05 bits per heavy atom. The fraction of sp³-hybridized carbons (Fsp3) is 0.500. The minimum atomic E-state index is -3.59. The van der Waals surface area contributed by atoms with Gasteiger partial charge in [-0.2, -0.15) is 4.31 Å². The topological polar surface area (TPSA) is 80.5 Å². The van der Waals surface area contributed by atoms with Crippen molar-refractivity contribution in [3.05, 3.63) is 34.4 Å². The van der Waals surface area contributed by atoms with E-state index >= 15 is 0 Å². The van der Waals surface area contributed by atoms with E-state index in [-0.39, 0.29) is 16.6 Å². The number of nitro groups is 1. The smallest absolute Gasteiger partial charge is 0.258 e. The lowest BCUT2D eigenvalue weighted by Gasteiger charge is -2.25. The number of hydrogen-bond donors (Lipinski definition) is 0. The number of nitrogens with zero attached hydrogens (tertiary/aromatic N) is 2. The van der Waals surface area contributed by atoms with Crippen molar-refractivity contribution in [3.63, 3.8) is 0 Å². The van der Waals surface area contributed by atoms with Gasteiger partial charge in [-0.15, -0.1) is 0 Å². The molecule has 0 unspecified atom stereocenters. The number of rotatable bonds is 6. The SMILES string of the molecule is CCC(CC)N(C)S(=O)(=O)c1ccc([N+](=O)[O-])cc1. The van der Waals surface area contributed by atoms with E-state index in [1.165, 1.54) is 35.6 Å². The molecule has 1 aromatic carbocycles. The summed E-state index contributed by atoms with van der Waals surface area (Å²) in [4.78, 5) is 10.1. The van der Waals surface area contributed by atoms with Crippen molar-refractivity contribution in [1.82, 2.24) is 4.31 Å². The summed E-state index contributed by atoms with van der Waals surface area (Å²) in [6, 6.07) is 4.88. The lowest BCUT2D eigenvalue weighted by Crippen LogP contribution is -2.36. The Hall–Kier alpha value is -1.47. The van der Waals surface area contributed by atoms with Crippen LogP contribution in [0.5, 0.6) is 0 Å². The van der Waals surface area contributed by atoms with Gasteiger partial charge < -0.3 is 0 Å². The van der Waals surface area contributed by atoms with E-state index in [4.69, 9.17) is 0 Å². The zero-order chi connectivity index (χ0) is 14.6. The number of sulfonamides is 1. The molecule has 7 heteroatoms. The van der Waals surface area contributed by atoms with Crippen molar-refractivity contribution < 1.29 is 13.3 Å². The Balaban J connectivity index is 3.09. The van der Waals surface area contributed by atoms with Crippen LogP contribution in [0.2, 0.25) is 0 Å². The van der Waals surface area contributed by atoms with E-state index < -0.39 is 14.9 Å². The van der Waals surface area contributed by atoms with Gasteiger partial charge in [0.05, 0.1) is 9.82 Å². The van der Waals surface area contributed by atoms with Crippen LogP contribution < -0.4 is 0 Å². The molecule has 0 aromatic heterocycles. The molecule has 0 radical (unpaired) electrons. The highest BCUT2D eigenvalue weighted by molar-refractivity contribution is 7.89. The summed E-state index contributed by atoms with van der Waals surface area (Å²) in [6.07, 6.45) is 1.44. The van der Waals surface area contributed by atoms with Gasteiger partial charge in [-0.05, 0) is 25.0 Å². The third-order valence-electron chi connectivity index (χ3n) is 3.18. The fourth-order valence-electron chi connectivity index (χ4n) is 1.91. The van der Waals surface area contributed by atoms with Crippen LogP contribution in [0.3, 0.4) is 0 Å². The van der Waals surface area contributed by atoms with Crippen LogP contribution >= 0.6 is 0 Å². The van der Waals surface area contributed by atoms with Crippen molar-refractivity contribution in [2.45, 2.75) is 37.6 Å². The second-order valence-corrected chi connectivity index (χ2v) is 6.24. The predicted octanol–water partition coefficient (Wildman–Crippen LogP) is 2.40. The maximum Gasteiger partial charge on any atom is 0.269 e. The third-order valence-corrected chi connectivity index (χ3v) is 5.11. The summed E-state index contributed by atoms with van der Waals surface area (Å²) in [6.45, 7) is 3.85. The zero-order valence-corrected chi connectivity index (χ0v) is 12.1. The van der Waals surface area contributed by atoms with E-state index in [0.29, 0.717) is 0 Å². The molecule has 0 spiro atoms. The van der Waals surface area contributed by atoms with Gasteiger partial charge in [0.1, 0.15) is 0 Å². The molecule has 0 fully saturated rings. The molecule has 6 nitrogen and oxygen atoms in total.